The Labute approximate surface area is 203 Å². The lowest BCUT2D eigenvalue weighted by atomic mass is 10.1. The maximum atomic E-state index is 13.2. The SMILES string of the molecule is CC1CC(=O)CCN1OP(=O)(O)c1ccc(Cl)cc1NS(=O)(=O)c1ccc(Cl)c(C(F)(F)F)c1. The van der Waals surface area contributed by atoms with E-state index in [0.717, 1.165) is 29.3 Å². The molecule has 186 valence electrons. The minimum Gasteiger partial charge on any atom is -0.320 e. The van der Waals surface area contributed by atoms with Crippen LogP contribution >= 0.6 is 30.8 Å². The van der Waals surface area contributed by atoms with Crippen LogP contribution in [0.3, 0.4) is 0 Å². The topological polar surface area (TPSA) is 113 Å². The number of nitrogens with one attached hydrogen (secondary N) is 1. The van der Waals surface area contributed by atoms with Crippen LogP contribution in [-0.2, 0) is 30.2 Å². The van der Waals surface area contributed by atoms with Gasteiger partial charge in [-0.25, -0.2) is 13.0 Å². The molecule has 1 aliphatic heterocycles. The Hall–Kier alpha value is -1.66. The van der Waals surface area contributed by atoms with E-state index < -0.39 is 56.3 Å². The van der Waals surface area contributed by atoms with Crippen molar-refractivity contribution in [2.45, 2.75) is 36.9 Å². The van der Waals surface area contributed by atoms with Crippen molar-refractivity contribution in [3.8, 4) is 0 Å². The van der Waals surface area contributed by atoms with Crippen LogP contribution in [-0.4, -0.2) is 36.7 Å². The number of rotatable bonds is 6. The molecule has 2 aromatic rings. The summed E-state index contributed by atoms with van der Waals surface area (Å²) in [4.78, 5) is 21.4. The van der Waals surface area contributed by atoms with E-state index in [1.807, 2.05) is 4.72 Å². The van der Waals surface area contributed by atoms with E-state index in [0.29, 0.717) is 6.07 Å². The Morgan fingerprint density at radius 3 is 2.50 bits per heavy atom. The molecule has 0 spiro atoms. The Bertz CT molecular complexity index is 1280. The number of halogens is 5. The summed E-state index contributed by atoms with van der Waals surface area (Å²) in [6.07, 6.45) is -4.72. The Morgan fingerprint density at radius 1 is 1.21 bits per heavy atom. The summed E-state index contributed by atoms with van der Waals surface area (Å²) in [6, 6.07) is 4.75. The first-order valence-corrected chi connectivity index (χ1v) is 13.4. The van der Waals surface area contributed by atoms with Crippen LogP contribution in [0.2, 0.25) is 10.0 Å². The maximum absolute atomic E-state index is 13.2. The fraction of sp³-hybridized carbons (Fsp3) is 0.316. The van der Waals surface area contributed by atoms with Gasteiger partial charge >= 0.3 is 13.8 Å². The van der Waals surface area contributed by atoms with Gasteiger partial charge in [0.1, 0.15) is 5.78 Å². The number of alkyl halides is 3. The Kier molecular flexibility index (Phi) is 7.74. The molecule has 1 heterocycles. The number of carbonyl (C=O) groups excluding carboxylic acids is 1. The van der Waals surface area contributed by atoms with Crippen LogP contribution < -0.4 is 10.0 Å². The molecular weight excluding hydrogens is 543 g/mol. The number of hydroxylamine groups is 2. The molecule has 0 amide bonds. The number of hydrogen-bond acceptors (Lipinski definition) is 6. The lowest BCUT2D eigenvalue weighted by Crippen LogP contribution is -2.41. The zero-order valence-corrected chi connectivity index (χ0v) is 20.6. The molecule has 2 unspecified atom stereocenters. The zero-order chi connectivity index (χ0) is 25.5. The Morgan fingerprint density at radius 2 is 1.88 bits per heavy atom. The Balaban J connectivity index is 1.96. The molecule has 1 fully saturated rings. The summed E-state index contributed by atoms with van der Waals surface area (Å²) in [5, 5.41) is -0.0542. The van der Waals surface area contributed by atoms with Gasteiger partial charge in [-0.05, 0) is 43.3 Å². The largest absolute Gasteiger partial charge is 0.417 e. The van der Waals surface area contributed by atoms with Crippen LogP contribution in [0, 0.1) is 0 Å². The molecule has 3 rings (SSSR count). The highest BCUT2D eigenvalue weighted by molar-refractivity contribution is 7.92. The molecule has 0 radical (unpaired) electrons. The van der Waals surface area contributed by atoms with Gasteiger partial charge in [-0.1, -0.05) is 23.2 Å². The first-order chi connectivity index (χ1) is 15.6. The van der Waals surface area contributed by atoms with E-state index in [4.69, 9.17) is 27.8 Å². The predicted molar refractivity (Wildman–Crippen MR) is 120 cm³/mol. The quantitative estimate of drug-likeness (QED) is 0.496. The molecule has 2 N–H and O–H groups in total. The summed E-state index contributed by atoms with van der Waals surface area (Å²) in [5.74, 6) is -0.0405. The number of piperidine rings is 1. The van der Waals surface area contributed by atoms with Crippen LogP contribution in [0.25, 0.3) is 0 Å². The number of Topliss-reactive ketones (excluding diaryl/α,β-unsaturated/α-hetero) is 1. The molecule has 1 aliphatic rings. The second-order valence-electron chi connectivity index (χ2n) is 7.49. The van der Waals surface area contributed by atoms with E-state index >= 15 is 0 Å². The second kappa shape index (κ2) is 9.77. The van der Waals surface area contributed by atoms with Gasteiger partial charge in [-0.3, -0.25) is 14.1 Å². The molecule has 8 nitrogen and oxygen atoms in total. The number of carbonyl (C=O) groups is 1. The highest BCUT2D eigenvalue weighted by Crippen LogP contribution is 2.46. The van der Waals surface area contributed by atoms with Crippen molar-refractivity contribution >= 4 is 57.6 Å². The molecule has 2 atom stereocenters. The third-order valence-corrected chi connectivity index (χ3v) is 8.26. The fourth-order valence-electron chi connectivity index (χ4n) is 3.22. The van der Waals surface area contributed by atoms with Gasteiger partial charge in [0.05, 0.1) is 26.5 Å². The van der Waals surface area contributed by atoms with Crippen molar-refractivity contribution in [2.24, 2.45) is 0 Å². The highest BCUT2D eigenvalue weighted by atomic mass is 35.5. The number of anilines is 1. The van der Waals surface area contributed by atoms with Gasteiger partial charge < -0.3 is 4.89 Å². The summed E-state index contributed by atoms with van der Waals surface area (Å²) in [5.41, 5.74) is -1.84. The first kappa shape index (κ1) is 26.9. The van der Waals surface area contributed by atoms with Crippen LogP contribution in [0.4, 0.5) is 18.9 Å². The van der Waals surface area contributed by atoms with Crippen molar-refractivity contribution in [1.82, 2.24) is 5.06 Å². The standard InChI is InChI=1S/C19H18Cl2F3N2O6PS/c1-11-8-13(27)6-7-26(11)32-33(28,29)18-5-2-12(20)9-17(18)25-34(30,31)14-3-4-16(21)15(10-14)19(22,23)24/h2-5,9-11,25H,6-8H2,1H3,(H,28,29). The van der Waals surface area contributed by atoms with E-state index in [-0.39, 0.29) is 30.2 Å². The number of hydrogen-bond donors (Lipinski definition) is 2. The van der Waals surface area contributed by atoms with E-state index in [1.165, 1.54) is 6.07 Å². The molecule has 34 heavy (non-hydrogen) atoms. The van der Waals surface area contributed by atoms with Crippen LogP contribution in [0.1, 0.15) is 25.3 Å². The summed E-state index contributed by atoms with van der Waals surface area (Å²) in [7, 11) is -9.40. The average molecular weight is 561 g/mol. The lowest BCUT2D eigenvalue weighted by Gasteiger charge is -2.32. The van der Waals surface area contributed by atoms with Crippen molar-refractivity contribution in [3.05, 3.63) is 52.0 Å². The van der Waals surface area contributed by atoms with Crippen molar-refractivity contribution in [3.63, 3.8) is 0 Å². The normalized spacial score (nSPS) is 19.6. The van der Waals surface area contributed by atoms with Crippen molar-refractivity contribution < 1.29 is 40.5 Å². The van der Waals surface area contributed by atoms with Gasteiger partial charge in [0, 0.05) is 30.5 Å². The summed E-state index contributed by atoms with van der Waals surface area (Å²) >= 11 is 11.5. The predicted octanol–water partition coefficient (Wildman–Crippen LogP) is 4.61. The molecule has 0 aliphatic carbocycles. The van der Waals surface area contributed by atoms with E-state index in [1.54, 1.807) is 6.92 Å². The van der Waals surface area contributed by atoms with E-state index in [2.05, 4.69) is 0 Å². The molecule has 15 heteroatoms. The highest BCUT2D eigenvalue weighted by Gasteiger charge is 2.37. The minimum absolute atomic E-state index is 0.0227. The molecule has 2 aromatic carbocycles. The van der Waals surface area contributed by atoms with Crippen molar-refractivity contribution in [2.75, 3.05) is 11.3 Å². The number of nitrogens with zero attached hydrogens (tertiary/aromatic N) is 1. The van der Waals surface area contributed by atoms with E-state index in [9.17, 15) is 35.8 Å². The van der Waals surface area contributed by atoms with Crippen LogP contribution in [0.15, 0.2) is 41.3 Å². The second-order valence-corrected chi connectivity index (χ2v) is 11.7. The lowest BCUT2D eigenvalue weighted by molar-refractivity contribution is -0.142. The average Bonchev–Trinajstić information content (AvgIpc) is 2.69. The van der Waals surface area contributed by atoms with Gasteiger partial charge in [0.15, 0.2) is 0 Å². The molecule has 0 saturated carbocycles. The van der Waals surface area contributed by atoms with Crippen molar-refractivity contribution in [1.29, 1.82) is 0 Å². The molecular formula is C19H18Cl2F3N2O6PS. The third-order valence-electron chi connectivity index (χ3n) is 4.90. The van der Waals surface area contributed by atoms with Gasteiger partial charge in [0.2, 0.25) is 0 Å². The van der Waals surface area contributed by atoms with Gasteiger partial charge in [-0.15, -0.1) is 0 Å². The fourth-order valence-corrected chi connectivity index (χ4v) is 6.10. The zero-order valence-electron chi connectivity index (χ0n) is 17.3. The third kappa shape index (κ3) is 6.12. The number of sulfonamides is 1. The maximum Gasteiger partial charge on any atom is 0.417 e. The summed E-state index contributed by atoms with van der Waals surface area (Å²) < 4.78 is 85.5. The minimum atomic E-state index is -4.91. The number of benzene rings is 2. The number of ketones is 1. The summed E-state index contributed by atoms with van der Waals surface area (Å²) in [6.45, 7) is 1.66. The molecule has 0 bridgehead atoms. The molecule has 0 aromatic heterocycles. The van der Waals surface area contributed by atoms with Gasteiger partial charge in [-0.2, -0.15) is 18.2 Å². The smallest absolute Gasteiger partial charge is 0.320 e. The van der Waals surface area contributed by atoms with Gasteiger partial charge in [0.25, 0.3) is 10.0 Å². The van der Waals surface area contributed by atoms with Crippen LogP contribution in [0.5, 0.6) is 0 Å². The molecule has 1 saturated heterocycles. The first-order valence-electron chi connectivity index (χ1n) is 9.61. The monoisotopic (exact) mass is 560 g/mol.